The number of aryl methyl sites for hydroxylation is 1. The van der Waals surface area contributed by atoms with Gasteiger partial charge in [-0.15, -0.1) is 0 Å². The molecule has 0 saturated carbocycles. The first-order valence-electron chi connectivity index (χ1n) is 6.92. The normalized spacial score (nSPS) is 10.2. The van der Waals surface area contributed by atoms with Crippen LogP contribution in [0.1, 0.15) is 26.3 Å². The Hall–Kier alpha value is -1.75. The van der Waals surface area contributed by atoms with Crippen LogP contribution in [0.15, 0.2) is 41.2 Å². The highest BCUT2D eigenvalue weighted by molar-refractivity contribution is 7.80. The van der Waals surface area contributed by atoms with Gasteiger partial charge in [0.2, 0.25) is 0 Å². The van der Waals surface area contributed by atoms with E-state index in [2.05, 4.69) is 24.3 Å². The lowest BCUT2D eigenvalue weighted by Crippen LogP contribution is -2.27. The van der Waals surface area contributed by atoms with Crippen molar-refractivity contribution < 1.29 is 9.53 Å². The van der Waals surface area contributed by atoms with Crippen LogP contribution in [0.3, 0.4) is 0 Å². The fourth-order valence-corrected chi connectivity index (χ4v) is 1.86. The maximum absolute atomic E-state index is 11.9. The van der Waals surface area contributed by atoms with E-state index in [0.717, 1.165) is 11.3 Å². The van der Waals surface area contributed by atoms with Crippen LogP contribution in [-0.4, -0.2) is 25.2 Å². The van der Waals surface area contributed by atoms with Gasteiger partial charge in [0.25, 0.3) is 0 Å². The van der Waals surface area contributed by atoms with Crippen LogP contribution in [-0.2, 0) is 9.53 Å². The summed E-state index contributed by atoms with van der Waals surface area (Å²) in [6.07, 6.45) is 1.38. The molecule has 4 nitrogen and oxygen atoms in total. The van der Waals surface area contributed by atoms with Gasteiger partial charge in [-0.25, -0.2) is 4.79 Å². The number of hydrogen-bond donors (Lipinski definition) is 1. The van der Waals surface area contributed by atoms with Gasteiger partial charge in [-0.2, -0.15) is 12.6 Å². The molecule has 1 aromatic carbocycles. The van der Waals surface area contributed by atoms with Gasteiger partial charge in [-0.3, -0.25) is 4.99 Å². The Bertz CT molecular complexity index is 470. The molecule has 0 bridgehead atoms. The van der Waals surface area contributed by atoms with E-state index < -0.39 is 5.97 Å². The minimum atomic E-state index is -0.440. The van der Waals surface area contributed by atoms with Crippen molar-refractivity contribution >= 4 is 31.0 Å². The molecule has 0 amide bonds. The summed E-state index contributed by atoms with van der Waals surface area (Å²) in [4.78, 5) is 17.3. The summed E-state index contributed by atoms with van der Waals surface area (Å²) in [5, 5.41) is 0. The molecule has 5 heteroatoms. The van der Waals surface area contributed by atoms with E-state index in [4.69, 9.17) is 4.74 Å². The molecule has 0 N–H and O–H groups in total. The SMILES string of the molecule is C=N/C=C(/C(=O)OCC)N(CS)c1ccc(C)cc1.CC. The molecule has 0 aliphatic heterocycles. The topological polar surface area (TPSA) is 41.9 Å². The highest BCUT2D eigenvalue weighted by Crippen LogP contribution is 2.21. The number of nitrogens with zero attached hydrogens (tertiary/aromatic N) is 2. The number of hydrogen-bond acceptors (Lipinski definition) is 5. The smallest absolute Gasteiger partial charge is 0.356 e. The van der Waals surface area contributed by atoms with Crippen LogP contribution in [0.2, 0.25) is 0 Å². The second-order valence-electron chi connectivity index (χ2n) is 3.82. The number of esters is 1. The summed E-state index contributed by atoms with van der Waals surface area (Å²) in [5.41, 5.74) is 2.31. The van der Waals surface area contributed by atoms with Crippen LogP contribution in [0.4, 0.5) is 5.69 Å². The predicted octanol–water partition coefficient (Wildman–Crippen LogP) is 3.82. The fourth-order valence-electron chi connectivity index (χ4n) is 1.55. The van der Waals surface area contributed by atoms with Crippen molar-refractivity contribution in [1.82, 2.24) is 0 Å². The summed E-state index contributed by atoms with van der Waals surface area (Å²) in [6, 6.07) is 7.77. The number of benzene rings is 1. The minimum absolute atomic E-state index is 0.307. The van der Waals surface area contributed by atoms with E-state index >= 15 is 0 Å². The van der Waals surface area contributed by atoms with Gasteiger partial charge in [-0.1, -0.05) is 31.5 Å². The van der Waals surface area contributed by atoms with E-state index in [1.54, 1.807) is 11.8 Å². The van der Waals surface area contributed by atoms with Crippen LogP contribution in [0.5, 0.6) is 0 Å². The van der Waals surface area contributed by atoms with Crippen molar-refractivity contribution in [2.24, 2.45) is 4.99 Å². The molecule has 0 fully saturated rings. The van der Waals surface area contributed by atoms with Crippen molar-refractivity contribution in [3.05, 3.63) is 41.7 Å². The lowest BCUT2D eigenvalue weighted by Gasteiger charge is -2.23. The number of thiol groups is 1. The third kappa shape index (κ3) is 6.04. The molecule has 1 aromatic rings. The first-order chi connectivity index (χ1) is 10.1. The number of carbonyl (C=O) groups excluding carboxylic acids is 1. The number of aliphatic imine (C=N–C) groups is 1. The maximum atomic E-state index is 11.9. The predicted molar refractivity (Wildman–Crippen MR) is 93.1 cm³/mol. The Kier molecular flexibility index (Phi) is 10.1. The first kappa shape index (κ1) is 19.2. The van der Waals surface area contributed by atoms with Gasteiger partial charge < -0.3 is 9.64 Å². The highest BCUT2D eigenvalue weighted by Gasteiger charge is 2.19. The Morgan fingerprint density at radius 3 is 2.38 bits per heavy atom. The van der Waals surface area contributed by atoms with Crippen molar-refractivity contribution in [2.45, 2.75) is 27.7 Å². The zero-order valence-electron chi connectivity index (χ0n) is 13.2. The molecule has 21 heavy (non-hydrogen) atoms. The molecule has 0 spiro atoms. The van der Waals surface area contributed by atoms with E-state index in [9.17, 15) is 4.79 Å². The summed E-state index contributed by atoms with van der Waals surface area (Å²) >= 11 is 4.26. The van der Waals surface area contributed by atoms with Crippen LogP contribution in [0.25, 0.3) is 0 Å². The van der Waals surface area contributed by atoms with Gasteiger partial charge in [0.15, 0.2) is 0 Å². The molecule has 0 atom stereocenters. The Morgan fingerprint density at radius 2 is 1.95 bits per heavy atom. The second-order valence-corrected chi connectivity index (χ2v) is 4.11. The van der Waals surface area contributed by atoms with E-state index in [-0.39, 0.29) is 0 Å². The van der Waals surface area contributed by atoms with Crippen molar-refractivity contribution in [3.63, 3.8) is 0 Å². The second kappa shape index (κ2) is 11.0. The molecule has 1 rings (SSSR count). The van der Waals surface area contributed by atoms with Gasteiger partial charge in [0.1, 0.15) is 5.70 Å². The quantitative estimate of drug-likeness (QED) is 0.286. The Balaban J connectivity index is 0.00000191. The summed E-state index contributed by atoms with van der Waals surface area (Å²) in [6.45, 7) is 11.4. The number of ether oxygens (including phenoxy) is 1. The van der Waals surface area contributed by atoms with Crippen molar-refractivity contribution in [1.29, 1.82) is 0 Å². The molecular formula is C16H24N2O2S. The molecule has 0 aliphatic rings. The molecule has 0 radical (unpaired) electrons. The minimum Gasteiger partial charge on any atom is -0.461 e. The molecule has 0 unspecified atom stereocenters. The van der Waals surface area contributed by atoms with Crippen molar-refractivity contribution in [3.8, 4) is 0 Å². The van der Waals surface area contributed by atoms with E-state index in [0.29, 0.717) is 18.2 Å². The summed E-state index contributed by atoms with van der Waals surface area (Å²) in [5.74, 6) is -0.104. The van der Waals surface area contributed by atoms with Crippen LogP contribution in [0, 0.1) is 6.92 Å². The Labute approximate surface area is 132 Å². The van der Waals surface area contributed by atoms with Crippen LogP contribution < -0.4 is 4.90 Å². The number of carbonyl (C=O) groups is 1. The maximum Gasteiger partial charge on any atom is 0.356 e. The molecular weight excluding hydrogens is 284 g/mol. The fraction of sp³-hybridized carbons (Fsp3) is 0.375. The number of anilines is 1. The summed E-state index contributed by atoms with van der Waals surface area (Å²) < 4.78 is 5.01. The van der Waals surface area contributed by atoms with Gasteiger partial charge in [-0.05, 0) is 32.7 Å². The molecule has 0 aliphatic carbocycles. The largest absolute Gasteiger partial charge is 0.461 e. The van der Waals surface area contributed by atoms with E-state index in [1.807, 2.05) is 45.0 Å². The van der Waals surface area contributed by atoms with Crippen molar-refractivity contribution in [2.75, 3.05) is 17.4 Å². The standard InChI is InChI=1S/C14H18N2O2S.C2H6/c1-4-18-14(17)13(9-15-3)16(10-19)12-7-5-11(2)6-8-12;1-2/h5-9,19H,3-4,10H2,1-2H3;1-2H3/b13-9-;. The van der Waals surface area contributed by atoms with Gasteiger partial charge in [0.05, 0.1) is 18.7 Å². The van der Waals surface area contributed by atoms with Crippen LogP contribution >= 0.6 is 12.6 Å². The summed E-state index contributed by atoms with van der Waals surface area (Å²) in [7, 11) is 0. The molecule has 0 aromatic heterocycles. The monoisotopic (exact) mass is 308 g/mol. The average Bonchev–Trinajstić information content (AvgIpc) is 2.51. The lowest BCUT2D eigenvalue weighted by molar-refractivity contribution is -0.138. The first-order valence-corrected chi connectivity index (χ1v) is 7.55. The zero-order valence-corrected chi connectivity index (χ0v) is 14.1. The molecule has 116 valence electrons. The average molecular weight is 308 g/mol. The van der Waals surface area contributed by atoms with Gasteiger partial charge in [0, 0.05) is 5.69 Å². The lowest BCUT2D eigenvalue weighted by atomic mass is 10.2. The molecule has 0 saturated heterocycles. The third-order valence-corrected chi connectivity index (χ3v) is 2.76. The third-order valence-electron chi connectivity index (χ3n) is 2.48. The molecule has 0 heterocycles. The number of rotatable bonds is 6. The van der Waals surface area contributed by atoms with Gasteiger partial charge >= 0.3 is 5.97 Å². The highest BCUT2D eigenvalue weighted by atomic mass is 32.1. The Morgan fingerprint density at radius 1 is 1.38 bits per heavy atom. The van der Waals surface area contributed by atoms with E-state index in [1.165, 1.54) is 6.20 Å². The zero-order chi connectivity index (χ0) is 16.3.